The molecule has 1 aromatic heterocycles. The lowest BCUT2D eigenvalue weighted by atomic mass is 10.2. The van der Waals surface area contributed by atoms with Gasteiger partial charge in [0.15, 0.2) is 9.84 Å². The van der Waals surface area contributed by atoms with E-state index in [4.69, 9.17) is 9.15 Å². The Bertz CT molecular complexity index is 1130. The lowest BCUT2D eigenvalue weighted by Crippen LogP contribution is -2.42. The highest BCUT2D eigenvalue weighted by atomic mass is 32.2. The third-order valence-corrected chi connectivity index (χ3v) is 6.63. The van der Waals surface area contributed by atoms with Gasteiger partial charge in [0.05, 0.1) is 18.3 Å². The van der Waals surface area contributed by atoms with Crippen LogP contribution < -0.4 is 15.4 Å². The van der Waals surface area contributed by atoms with Crippen LogP contribution in [0.3, 0.4) is 0 Å². The van der Waals surface area contributed by atoms with Crippen LogP contribution in [0.1, 0.15) is 16.6 Å². The Labute approximate surface area is 180 Å². The first-order chi connectivity index (χ1) is 14.9. The normalized spacial score (nSPS) is 12.0. The second-order valence-corrected chi connectivity index (χ2v) is 8.74. The van der Waals surface area contributed by atoms with Gasteiger partial charge in [0.1, 0.15) is 16.8 Å². The molecule has 1 heterocycles. The number of furan rings is 1. The highest BCUT2D eigenvalue weighted by Gasteiger charge is 2.32. The zero-order valence-corrected chi connectivity index (χ0v) is 17.6. The molecule has 8 nitrogen and oxygen atoms in total. The van der Waals surface area contributed by atoms with E-state index in [0.717, 1.165) is 5.56 Å². The minimum absolute atomic E-state index is 0.0909. The van der Waals surface area contributed by atoms with E-state index in [2.05, 4.69) is 10.6 Å². The van der Waals surface area contributed by atoms with Crippen molar-refractivity contribution in [2.24, 2.45) is 0 Å². The largest absolute Gasteiger partial charge is 0.497 e. The van der Waals surface area contributed by atoms with Crippen LogP contribution in [0.15, 0.2) is 82.3 Å². The third kappa shape index (κ3) is 5.52. The van der Waals surface area contributed by atoms with Crippen LogP contribution in [0.5, 0.6) is 5.75 Å². The number of carbonyl (C=O) groups is 2. The second kappa shape index (κ2) is 9.94. The van der Waals surface area contributed by atoms with Crippen LogP contribution in [-0.2, 0) is 26.0 Å². The van der Waals surface area contributed by atoms with Gasteiger partial charge in [-0.1, -0.05) is 30.3 Å². The van der Waals surface area contributed by atoms with Crippen molar-refractivity contribution >= 4 is 21.7 Å². The molecule has 0 saturated carbocycles. The number of methoxy groups -OCH3 is 1. The van der Waals surface area contributed by atoms with Gasteiger partial charge in [0, 0.05) is 13.1 Å². The molecule has 0 bridgehead atoms. The van der Waals surface area contributed by atoms with Crippen LogP contribution in [-0.4, -0.2) is 33.9 Å². The summed E-state index contributed by atoms with van der Waals surface area (Å²) in [4.78, 5) is 24.5. The fraction of sp³-hybridized carbons (Fsp3) is 0.182. The van der Waals surface area contributed by atoms with Crippen LogP contribution >= 0.6 is 0 Å². The SMILES string of the molecule is COc1cccc(CNC(=O)C(=O)NC[C@@H](c2ccco2)S(=O)(=O)c2ccccc2)c1. The lowest BCUT2D eigenvalue weighted by molar-refractivity contribution is -0.139. The molecule has 0 aliphatic carbocycles. The number of hydrogen-bond donors (Lipinski definition) is 2. The third-order valence-electron chi connectivity index (χ3n) is 4.55. The predicted molar refractivity (Wildman–Crippen MR) is 113 cm³/mol. The molecule has 0 unspecified atom stereocenters. The van der Waals surface area contributed by atoms with Gasteiger partial charge in [-0.25, -0.2) is 8.42 Å². The number of hydrogen-bond acceptors (Lipinski definition) is 6. The molecule has 0 fully saturated rings. The smallest absolute Gasteiger partial charge is 0.309 e. The Balaban J connectivity index is 1.66. The van der Waals surface area contributed by atoms with E-state index in [9.17, 15) is 18.0 Å². The highest BCUT2D eigenvalue weighted by molar-refractivity contribution is 7.91. The van der Waals surface area contributed by atoms with Crippen molar-refractivity contribution in [3.05, 3.63) is 84.3 Å². The van der Waals surface area contributed by atoms with E-state index in [1.54, 1.807) is 48.5 Å². The minimum atomic E-state index is -3.86. The summed E-state index contributed by atoms with van der Waals surface area (Å²) in [5, 5.41) is 3.71. The summed E-state index contributed by atoms with van der Waals surface area (Å²) in [5.74, 6) is -1.02. The average molecular weight is 442 g/mol. The summed E-state index contributed by atoms with van der Waals surface area (Å²) in [6.07, 6.45) is 1.35. The Morgan fingerprint density at radius 1 is 0.968 bits per heavy atom. The number of nitrogens with one attached hydrogen (secondary N) is 2. The molecular formula is C22H22N2O6S. The molecule has 0 aliphatic rings. The van der Waals surface area contributed by atoms with Gasteiger partial charge in [0.2, 0.25) is 0 Å². The molecule has 9 heteroatoms. The van der Waals surface area contributed by atoms with Crippen LogP contribution in [0.4, 0.5) is 0 Å². The van der Waals surface area contributed by atoms with Crippen molar-refractivity contribution in [3.63, 3.8) is 0 Å². The number of rotatable bonds is 8. The highest BCUT2D eigenvalue weighted by Crippen LogP contribution is 2.28. The quantitative estimate of drug-likeness (QED) is 0.517. The molecule has 31 heavy (non-hydrogen) atoms. The van der Waals surface area contributed by atoms with Crippen LogP contribution in [0.2, 0.25) is 0 Å². The first-order valence-corrected chi connectivity index (χ1v) is 11.0. The summed E-state index contributed by atoms with van der Waals surface area (Å²) in [7, 11) is -2.33. The minimum Gasteiger partial charge on any atom is -0.497 e. The van der Waals surface area contributed by atoms with Crippen molar-refractivity contribution in [2.75, 3.05) is 13.7 Å². The van der Waals surface area contributed by atoms with Gasteiger partial charge in [0.25, 0.3) is 0 Å². The summed E-state index contributed by atoms with van der Waals surface area (Å²) in [6.45, 7) is -0.205. The Kier molecular flexibility index (Phi) is 7.09. The fourth-order valence-electron chi connectivity index (χ4n) is 2.92. The van der Waals surface area contributed by atoms with Gasteiger partial charge in [-0.2, -0.15) is 0 Å². The van der Waals surface area contributed by atoms with Crippen molar-refractivity contribution in [2.45, 2.75) is 16.7 Å². The fourth-order valence-corrected chi connectivity index (χ4v) is 4.53. The number of ether oxygens (including phenoxy) is 1. The molecule has 2 N–H and O–H groups in total. The van der Waals surface area contributed by atoms with Crippen molar-refractivity contribution in [3.8, 4) is 5.75 Å². The maximum atomic E-state index is 13.1. The van der Waals surface area contributed by atoms with E-state index in [0.29, 0.717) is 5.75 Å². The Hall–Kier alpha value is -3.59. The predicted octanol–water partition coefficient (Wildman–Crippen LogP) is 2.24. The number of benzene rings is 2. The topological polar surface area (TPSA) is 115 Å². The zero-order chi connectivity index (χ0) is 22.3. The zero-order valence-electron chi connectivity index (χ0n) is 16.8. The van der Waals surface area contributed by atoms with Crippen molar-refractivity contribution in [1.82, 2.24) is 10.6 Å². The van der Waals surface area contributed by atoms with E-state index < -0.39 is 26.9 Å². The standard InChI is InChI=1S/C22H22N2O6S/c1-29-17-8-5-7-16(13-17)14-23-21(25)22(26)24-15-20(19-11-6-12-30-19)31(27,28)18-9-3-2-4-10-18/h2-13,20H,14-15H2,1H3,(H,23,25)(H,24,26)/t20-/m0/s1. The summed E-state index contributed by atoms with van der Waals surface area (Å²) >= 11 is 0. The summed E-state index contributed by atoms with van der Waals surface area (Å²) < 4.78 is 36.5. The molecule has 2 amide bonds. The van der Waals surface area contributed by atoms with Crippen molar-refractivity contribution in [1.29, 1.82) is 0 Å². The van der Waals surface area contributed by atoms with E-state index >= 15 is 0 Å². The molecule has 2 aromatic carbocycles. The molecule has 0 radical (unpaired) electrons. The van der Waals surface area contributed by atoms with Crippen molar-refractivity contribution < 1.29 is 27.2 Å². The van der Waals surface area contributed by atoms with Crippen LogP contribution in [0.25, 0.3) is 0 Å². The average Bonchev–Trinajstić information content (AvgIpc) is 3.32. The Morgan fingerprint density at radius 3 is 2.39 bits per heavy atom. The van der Waals surface area contributed by atoms with E-state index in [1.807, 2.05) is 0 Å². The molecule has 0 spiro atoms. The number of sulfone groups is 1. The molecule has 0 saturated heterocycles. The number of amides is 2. The van der Waals surface area contributed by atoms with Gasteiger partial charge < -0.3 is 19.8 Å². The van der Waals surface area contributed by atoms with Gasteiger partial charge >= 0.3 is 11.8 Å². The van der Waals surface area contributed by atoms with E-state index in [1.165, 1.54) is 31.6 Å². The molecule has 3 aromatic rings. The first kappa shape index (κ1) is 22.1. The number of carbonyl (C=O) groups excluding carboxylic acids is 2. The van der Waals surface area contributed by atoms with Gasteiger partial charge in [-0.05, 0) is 42.0 Å². The van der Waals surface area contributed by atoms with Gasteiger partial charge in [-0.15, -0.1) is 0 Å². The molecular weight excluding hydrogens is 420 g/mol. The summed E-state index contributed by atoms with van der Waals surface area (Å²) in [6, 6.07) is 18.0. The Morgan fingerprint density at radius 2 is 1.71 bits per heavy atom. The van der Waals surface area contributed by atoms with Gasteiger partial charge in [-0.3, -0.25) is 9.59 Å². The molecule has 0 aliphatic heterocycles. The second-order valence-electron chi connectivity index (χ2n) is 6.61. The maximum absolute atomic E-state index is 13.1. The maximum Gasteiger partial charge on any atom is 0.309 e. The first-order valence-electron chi connectivity index (χ1n) is 9.43. The van der Waals surface area contributed by atoms with E-state index in [-0.39, 0.29) is 23.7 Å². The van der Waals surface area contributed by atoms with Crippen LogP contribution in [0, 0.1) is 0 Å². The molecule has 162 valence electrons. The molecule has 1 atom stereocenters. The monoisotopic (exact) mass is 442 g/mol. The lowest BCUT2D eigenvalue weighted by Gasteiger charge is -2.16. The summed E-state index contributed by atoms with van der Waals surface area (Å²) in [5.41, 5.74) is 0.751. The molecule has 3 rings (SSSR count).